The maximum Gasteiger partial charge on any atom is 0.191 e. The van der Waals surface area contributed by atoms with Crippen molar-refractivity contribution in [2.75, 3.05) is 33.4 Å². The molecule has 0 unspecified atom stereocenters. The van der Waals surface area contributed by atoms with E-state index in [-0.39, 0.29) is 24.0 Å². The lowest BCUT2D eigenvalue weighted by Gasteiger charge is -2.14. The Hall–Kier alpha value is -0.860. The zero-order valence-electron chi connectivity index (χ0n) is 15.3. The Morgan fingerprint density at radius 1 is 1.12 bits per heavy atom. The standard InChI is InChI=1S/C18H31N3O2.HI/c1-5-22-9-10-23-14-17-8-6-7-16(11-17)13-21-18(19-4)20-12-15(2)3;/h6-8,11,15H,5,9-10,12-14H2,1-4H3,(H2,19,20,21);1H. The highest BCUT2D eigenvalue weighted by molar-refractivity contribution is 14.0. The number of nitrogens with one attached hydrogen (secondary N) is 2. The Morgan fingerprint density at radius 2 is 1.83 bits per heavy atom. The van der Waals surface area contributed by atoms with Gasteiger partial charge in [-0.25, -0.2) is 0 Å². The van der Waals surface area contributed by atoms with Crippen LogP contribution in [0.3, 0.4) is 0 Å². The predicted molar refractivity (Wildman–Crippen MR) is 111 cm³/mol. The van der Waals surface area contributed by atoms with Gasteiger partial charge in [0.25, 0.3) is 0 Å². The molecule has 0 aliphatic heterocycles. The zero-order valence-corrected chi connectivity index (χ0v) is 17.6. The number of benzene rings is 1. The van der Waals surface area contributed by atoms with Crippen LogP contribution in [-0.4, -0.2) is 39.4 Å². The van der Waals surface area contributed by atoms with Gasteiger partial charge in [0, 0.05) is 26.7 Å². The number of rotatable bonds is 10. The van der Waals surface area contributed by atoms with Gasteiger partial charge in [-0.15, -0.1) is 24.0 Å². The van der Waals surface area contributed by atoms with Crippen LogP contribution in [0, 0.1) is 5.92 Å². The number of guanidine groups is 1. The molecule has 0 saturated carbocycles. The molecule has 1 aromatic carbocycles. The summed E-state index contributed by atoms with van der Waals surface area (Å²) >= 11 is 0. The van der Waals surface area contributed by atoms with Crippen LogP contribution in [0.2, 0.25) is 0 Å². The lowest BCUT2D eigenvalue weighted by atomic mass is 10.1. The fraction of sp³-hybridized carbons (Fsp3) is 0.611. The molecule has 138 valence electrons. The molecule has 0 heterocycles. The molecule has 0 aliphatic carbocycles. The molecule has 1 rings (SSSR count). The summed E-state index contributed by atoms with van der Waals surface area (Å²) in [4.78, 5) is 4.23. The summed E-state index contributed by atoms with van der Waals surface area (Å²) in [7, 11) is 1.79. The highest BCUT2D eigenvalue weighted by atomic mass is 127. The van der Waals surface area contributed by atoms with E-state index in [4.69, 9.17) is 9.47 Å². The van der Waals surface area contributed by atoms with Gasteiger partial charge >= 0.3 is 0 Å². The molecular weight excluding hydrogens is 417 g/mol. The first kappa shape index (κ1) is 23.1. The van der Waals surface area contributed by atoms with E-state index >= 15 is 0 Å². The van der Waals surface area contributed by atoms with Gasteiger partial charge in [-0.2, -0.15) is 0 Å². The number of nitrogens with zero attached hydrogens (tertiary/aromatic N) is 1. The lowest BCUT2D eigenvalue weighted by molar-refractivity contribution is 0.0453. The van der Waals surface area contributed by atoms with Crippen LogP contribution in [0.5, 0.6) is 0 Å². The Morgan fingerprint density at radius 3 is 2.50 bits per heavy atom. The minimum absolute atomic E-state index is 0. The van der Waals surface area contributed by atoms with Gasteiger partial charge < -0.3 is 20.1 Å². The molecule has 0 aliphatic rings. The number of hydrogen-bond acceptors (Lipinski definition) is 3. The van der Waals surface area contributed by atoms with Crippen molar-refractivity contribution in [3.8, 4) is 0 Å². The lowest BCUT2D eigenvalue weighted by Crippen LogP contribution is -2.38. The third kappa shape index (κ3) is 10.8. The number of ether oxygens (including phenoxy) is 2. The van der Waals surface area contributed by atoms with Gasteiger partial charge in [-0.1, -0.05) is 38.1 Å². The summed E-state index contributed by atoms with van der Waals surface area (Å²) in [6.07, 6.45) is 0. The molecule has 1 aromatic rings. The van der Waals surface area contributed by atoms with Crippen LogP contribution in [0.15, 0.2) is 29.3 Å². The second-order valence-corrected chi connectivity index (χ2v) is 5.77. The monoisotopic (exact) mass is 449 g/mol. The third-order valence-corrected chi connectivity index (χ3v) is 3.20. The van der Waals surface area contributed by atoms with Crippen LogP contribution in [0.1, 0.15) is 31.9 Å². The van der Waals surface area contributed by atoms with Crippen molar-refractivity contribution in [2.24, 2.45) is 10.9 Å². The first-order chi connectivity index (χ1) is 11.2. The van der Waals surface area contributed by atoms with Crippen molar-refractivity contribution in [2.45, 2.75) is 33.9 Å². The maximum atomic E-state index is 5.61. The van der Waals surface area contributed by atoms with Gasteiger partial charge in [0.2, 0.25) is 0 Å². The van der Waals surface area contributed by atoms with Gasteiger partial charge in [-0.05, 0) is 24.0 Å². The molecule has 0 aromatic heterocycles. The van der Waals surface area contributed by atoms with Crippen LogP contribution in [0.4, 0.5) is 0 Å². The quantitative estimate of drug-likeness (QED) is 0.249. The molecule has 0 bridgehead atoms. The molecule has 2 N–H and O–H groups in total. The van der Waals surface area contributed by atoms with Crippen molar-refractivity contribution < 1.29 is 9.47 Å². The molecule has 0 amide bonds. The second kappa shape index (κ2) is 14.5. The van der Waals surface area contributed by atoms with E-state index in [1.54, 1.807) is 7.05 Å². The highest BCUT2D eigenvalue weighted by Gasteiger charge is 2.01. The van der Waals surface area contributed by atoms with Crippen LogP contribution in [0.25, 0.3) is 0 Å². The fourth-order valence-corrected chi connectivity index (χ4v) is 1.99. The first-order valence-corrected chi connectivity index (χ1v) is 8.33. The average Bonchev–Trinajstić information content (AvgIpc) is 2.55. The largest absolute Gasteiger partial charge is 0.379 e. The normalized spacial score (nSPS) is 11.3. The van der Waals surface area contributed by atoms with Crippen LogP contribution in [-0.2, 0) is 22.6 Å². The van der Waals surface area contributed by atoms with Gasteiger partial charge in [0.05, 0.1) is 19.8 Å². The SMILES string of the molecule is CCOCCOCc1cccc(CNC(=NC)NCC(C)C)c1.I. The molecule has 6 heteroatoms. The van der Waals surface area contributed by atoms with E-state index in [0.29, 0.717) is 25.7 Å². The van der Waals surface area contributed by atoms with E-state index in [2.05, 4.69) is 53.7 Å². The number of halogens is 1. The van der Waals surface area contributed by atoms with Crippen molar-refractivity contribution in [3.05, 3.63) is 35.4 Å². The molecular formula is C18H32IN3O2. The summed E-state index contributed by atoms with van der Waals surface area (Å²) in [5.74, 6) is 1.42. The topological polar surface area (TPSA) is 54.9 Å². The number of hydrogen-bond donors (Lipinski definition) is 2. The van der Waals surface area contributed by atoms with E-state index in [9.17, 15) is 0 Å². The Labute approximate surface area is 163 Å². The molecule has 0 radical (unpaired) electrons. The van der Waals surface area contributed by atoms with E-state index in [1.165, 1.54) is 11.1 Å². The predicted octanol–water partition coefficient (Wildman–Crippen LogP) is 3.18. The zero-order chi connectivity index (χ0) is 16.9. The van der Waals surface area contributed by atoms with Crippen LogP contribution >= 0.6 is 24.0 Å². The van der Waals surface area contributed by atoms with Gasteiger partial charge in [-0.3, -0.25) is 4.99 Å². The minimum Gasteiger partial charge on any atom is -0.379 e. The molecule has 0 fully saturated rings. The Balaban J connectivity index is 0.00000529. The summed E-state index contributed by atoms with van der Waals surface area (Å²) in [6, 6.07) is 8.40. The first-order valence-electron chi connectivity index (χ1n) is 8.33. The van der Waals surface area contributed by atoms with Crippen LogP contribution < -0.4 is 10.6 Å². The minimum atomic E-state index is 0. The summed E-state index contributed by atoms with van der Waals surface area (Å²) in [5.41, 5.74) is 2.38. The summed E-state index contributed by atoms with van der Waals surface area (Å²) in [6.45, 7) is 10.6. The molecule has 0 spiro atoms. The fourth-order valence-electron chi connectivity index (χ4n) is 1.99. The van der Waals surface area contributed by atoms with Crippen molar-refractivity contribution in [1.29, 1.82) is 0 Å². The average molecular weight is 449 g/mol. The van der Waals surface area contributed by atoms with Gasteiger partial charge in [0.1, 0.15) is 0 Å². The number of aliphatic imine (C=N–C) groups is 1. The van der Waals surface area contributed by atoms with E-state index < -0.39 is 0 Å². The Kier molecular flexibility index (Phi) is 14.0. The summed E-state index contributed by atoms with van der Waals surface area (Å²) < 4.78 is 10.9. The maximum absolute atomic E-state index is 5.61. The van der Waals surface area contributed by atoms with E-state index in [0.717, 1.165) is 25.7 Å². The summed E-state index contributed by atoms with van der Waals surface area (Å²) in [5, 5.41) is 6.64. The second-order valence-electron chi connectivity index (χ2n) is 5.77. The van der Waals surface area contributed by atoms with E-state index in [1.807, 2.05) is 6.92 Å². The highest BCUT2D eigenvalue weighted by Crippen LogP contribution is 2.06. The van der Waals surface area contributed by atoms with Gasteiger partial charge in [0.15, 0.2) is 5.96 Å². The van der Waals surface area contributed by atoms with Crippen molar-refractivity contribution in [3.63, 3.8) is 0 Å². The Bertz CT molecular complexity index is 467. The molecule has 24 heavy (non-hydrogen) atoms. The van der Waals surface area contributed by atoms with Crippen molar-refractivity contribution in [1.82, 2.24) is 10.6 Å². The molecule has 0 atom stereocenters. The smallest absolute Gasteiger partial charge is 0.191 e. The molecule has 5 nitrogen and oxygen atoms in total. The third-order valence-electron chi connectivity index (χ3n) is 3.20. The molecule has 0 saturated heterocycles. The van der Waals surface area contributed by atoms with Crippen molar-refractivity contribution >= 4 is 29.9 Å².